The van der Waals surface area contributed by atoms with Crippen molar-refractivity contribution in [3.8, 4) is 0 Å². The summed E-state index contributed by atoms with van der Waals surface area (Å²) in [5, 5.41) is 9.62. The van der Waals surface area contributed by atoms with E-state index in [1.54, 1.807) is 0 Å². The molecule has 16 heavy (non-hydrogen) atoms. The predicted octanol–water partition coefficient (Wildman–Crippen LogP) is 0.957. The van der Waals surface area contributed by atoms with Crippen molar-refractivity contribution in [3.05, 3.63) is 17.7 Å². The molecule has 0 bridgehead atoms. The lowest BCUT2D eigenvalue weighted by molar-refractivity contribution is 0.130. The van der Waals surface area contributed by atoms with Crippen LogP contribution in [0.4, 0.5) is 0 Å². The van der Waals surface area contributed by atoms with E-state index in [-0.39, 0.29) is 6.10 Å². The third-order valence-electron chi connectivity index (χ3n) is 3.85. The van der Waals surface area contributed by atoms with Crippen molar-refractivity contribution < 1.29 is 5.11 Å². The van der Waals surface area contributed by atoms with Crippen molar-refractivity contribution in [1.29, 1.82) is 0 Å². The van der Waals surface area contributed by atoms with Crippen LogP contribution in [-0.2, 0) is 13.0 Å². The molecule has 2 aliphatic heterocycles. The summed E-state index contributed by atoms with van der Waals surface area (Å²) in [7, 11) is 2.17. The van der Waals surface area contributed by atoms with Crippen molar-refractivity contribution in [2.75, 3.05) is 13.6 Å². The number of nitrogens with zero attached hydrogens (tertiary/aromatic N) is 3. The molecule has 2 unspecified atom stereocenters. The zero-order chi connectivity index (χ0) is 11.1. The van der Waals surface area contributed by atoms with Gasteiger partial charge in [0.2, 0.25) is 0 Å². The maximum Gasteiger partial charge on any atom is 0.109 e. The number of aliphatic hydroxyl groups excluding tert-OH is 1. The Morgan fingerprint density at radius 2 is 2.31 bits per heavy atom. The number of likely N-dealkylation sites (tertiary alicyclic amines) is 1. The first kappa shape index (κ1) is 10.3. The van der Waals surface area contributed by atoms with Crippen molar-refractivity contribution >= 4 is 0 Å². The minimum absolute atomic E-state index is 0.184. The number of fused-ring (bicyclic) bond motifs is 1. The number of rotatable bonds is 1. The highest BCUT2D eigenvalue weighted by atomic mass is 16.3. The van der Waals surface area contributed by atoms with E-state index in [9.17, 15) is 5.11 Å². The number of hydrogen-bond donors (Lipinski definition) is 1. The average Bonchev–Trinajstić information content (AvgIpc) is 2.82. The lowest BCUT2D eigenvalue weighted by Crippen LogP contribution is -2.23. The molecule has 1 fully saturated rings. The van der Waals surface area contributed by atoms with Crippen molar-refractivity contribution in [2.45, 2.75) is 44.4 Å². The second-order valence-electron chi connectivity index (χ2n) is 5.07. The maximum atomic E-state index is 9.62. The summed E-state index contributed by atoms with van der Waals surface area (Å²) in [6, 6.07) is 0.496. The van der Waals surface area contributed by atoms with Crippen LogP contribution in [0.15, 0.2) is 6.20 Å². The van der Waals surface area contributed by atoms with E-state index in [4.69, 9.17) is 4.98 Å². The van der Waals surface area contributed by atoms with Crippen LogP contribution in [0.2, 0.25) is 0 Å². The fourth-order valence-electron chi connectivity index (χ4n) is 2.89. The second kappa shape index (κ2) is 3.86. The molecule has 2 aliphatic rings. The van der Waals surface area contributed by atoms with Gasteiger partial charge in [0.25, 0.3) is 0 Å². The Hall–Kier alpha value is -0.870. The van der Waals surface area contributed by atoms with E-state index in [0.29, 0.717) is 6.04 Å². The number of aliphatic hydroxyl groups is 1. The van der Waals surface area contributed by atoms with Gasteiger partial charge in [0, 0.05) is 19.2 Å². The molecular weight excluding hydrogens is 202 g/mol. The van der Waals surface area contributed by atoms with E-state index >= 15 is 0 Å². The number of hydrogen-bond acceptors (Lipinski definition) is 3. The molecule has 0 aliphatic carbocycles. The first-order valence-corrected chi connectivity index (χ1v) is 6.18. The molecule has 4 nitrogen and oxygen atoms in total. The molecule has 88 valence electrons. The van der Waals surface area contributed by atoms with Gasteiger partial charge in [0.15, 0.2) is 0 Å². The van der Waals surface area contributed by atoms with Gasteiger partial charge in [-0.1, -0.05) is 0 Å². The fourth-order valence-corrected chi connectivity index (χ4v) is 2.89. The summed E-state index contributed by atoms with van der Waals surface area (Å²) in [6.07, 6.45) is 6.22. The quantitative estimate of drug-likeness (QED) is 0.768. The Balaban J connectivity index is 1.86. The van der Waals surface area contributed by atoms with Gasteiger partial charge < -0.3 is 9.67 Å². The lowest BCUT2D eigenvalue weighted by atomic mass is 10.1. The van der Waals surface area contributed by atoms with Gasteiger partial charge in [-0.3, -0.25) is 4.90 Å². The van der Waals surface area contributed by atoms with E-state index < -0.39 is 0 Å². The molecule has 1 N–H and O–H groups in total. The van der Waals surface area contributed by atoms with Crippen LogP contribution in [-0.4, -0.2) is 39.3 Å². The first-order chi connectivity index (χ1) is 7.74. The first-order valence-electron chi connectivity index (χ1n) is 6.18. The van der Waals surface area contributed by atoms with Crippen molar-refractivity contribution in [2.24, 2.45) is 0 Å². The molecule has 2 atom stereocenters. The van der Waals surface area contributed by atoms with Gasteiger partial charge in [0.05, 0.1) is 17.8 Å². The maximum absolute atomic E-state index is 9.62. The van der Waals surface area contributed by atoms with E-state index in [0.717, 1.165) is 25.2 Å². The highest BCUT2D eigenvalue weighted by Gasteiger charge is 2.27. The SMILES string of the molecule is CN1CCCC1c1cn2c(n1)CCC(O)C2. The number of imidazole rings is 1. The summed E-state index contributed by atoms with van der Waals surface area (Å²) < 4.78 is 2.13. The zero-order valence-electron chi connectivity index (χ0n) is 9.76. The Labute approximate surface area is 95.9 Å². The normalized spacial score (nSPS) is 30.6. The highest BCUT2D eigenvalue weighted by Crippen LogP contribution is 2.30. The lowest BCUT2D eigenvalue weighted by Gasteiger charge is -2.18. The fraction of sp³-hybridized carbons (Fsp3) is 0.750. The number of aryl methyl sites for hydroxylation is 1. The van der Waals surface area contributed by atoms with Gasteiger partial charge in [-0.05, 0) is 32.9 Å². The molecule has 1 aromatic rings. The molecule has 4 heteroatoms. The molecule has 0 aromatic carbocycles. The van der Waals surface area contributed by atoms with Gasteiger partial charge >= 0.3 is 0 Å². The van der Waals surface area contributed by atoms with Crippen LogP contribution in [0.25, 0.3) is 0 Å². The van der Waals surface area contributed by atoms with Crippen LogP contribution in [0.5, 0.6) is 0 Å². The zero-order valence-corrected chi connectivity index (χ0v) is 9.76. The largest absolute Gasteiger partial charge is 0.391 e. The molecule has 0 spiro atoms. The van der Waals surface area contributed by atoms with Crippen molar-refractivity contribution in [3.63, 3.8) is 0 Å². The molecule has 0 radical (unpaired) electrons. The van der Waals surface area contributed by atoms with Gasteiger partial charge in [0.1, 0.15) is 5.82 Å². The minimum Gasteiger partial charge on any atom is -0.391 e. The van der Waals surface area contributed by atoms with Gasteiger partial charge in [-0.2, -0.15) is 0 Å². The molecule has 1 aromatic heterocycles. The summed E-state index contributed by atoms with van der Waals surface area (Å²) >= 11 is 0. The van der Waals surface area contributed by atoms with Crippen LogP contribution in [0, 0.1) is 0 Å². The van der Waals surface area contributed by atoms with E-state index in [1.165, 1.54) is 25.1 Å². The molecule has 1 saturated heterocycles. The van der Waals surface area contributed by atoms with E-state index in [2.05, 4.69) is 22.7 Å². The Kier molecular flexibility index (Phi) is 2.48. The topological polar surface area (TPSA) is 41.3 Å². The third kappa shape index (κ3) is 1.66. The summed E-state index contributed by atoms with van der Waals surface area (Å²) in [6.45, 7) is 1.90. The Bertz CT molecular complexity index is 388. The summed E-state index contributed by atoms with van der Waals surface area (Å²) in [5.41, 5.74) is 1.20. The molecule has 0 amide bonds. The summed E-state index contributed by atoms with van der Waals surface area (Å²) in [4.78, 5) is 7.11. The van der Waals surface area contributed by atoms with Gasteiger partial charge in [-0.15, -0.1) is 0 Å². The molecule has 3 heterocycles. The van der Waals surface area contributed by atoms with Crippen LogP contribution < -0.4 is 0 Å². The van der Waals surface area contributed by atoms with E-state index in [1.807, 2.05) is 0 Å². The van der Waals surface area contributed by atoms with Crippen LogP contribution in [0.1, 0.15) is 36.8 Å². The van der Waals surface area contributed by atoms with Gasteiger partial charge in [-0.25, -0.2) is 4.98 Å². The highest BCUT2D eigenvalue weighted by molar-refractivity contribution is 5.12. The van der Waals surface area contributed by atoms with Crippen molar-refractivity contribution in [1.82, 2.24) is 14.5 Å². The van der Waals surface area contributed by atoms with Crippen LogP contribution in [0.3, 0.4) is 0 Å². The molecule has 0 saturated carbocycles. The van der Waals surface area contributed by atoms with Crippen LogP contribution >= 0.6 is 0 Å². The Morgan fingerprint density at radius 3 is 3.06 bits per heavy atom. The predicted molar refractivity (Wildman–Crippen MR) is 61.2 cm³/mol. The standard InChI is InChI=1S/C12H19N3O/c1-14-6-2-3-11(14)10-8-15-7-9(16)4-5-12(15)13-10/h8-9,11,16H,2-7H2,1H3. The number of aromatic nitrogens is 2. The molecule has 3 rings (SSSR count). The Morgan fingerprint density at radius 1 is 1.44 bits per heavy atom. The summed E-state index contributed by atoms with van der Waals surface area (Å²) in [5.74, 6) is 1.15. The molecular formula is C12H19N3O. The minimum atomic E-state index is -0.184. The second-order valence-corrected chi connectivity index (χ2v) is 5.07. The smallest absolute Gasteiger partial charge is 0.109 e. The average molecular weight is 221 g/mol. The third-order valence-corrected chi connectivity index (χ3v) is 3.85. The monoisotopic (exact) mass is 221 g/mol.